The predicted octanol–water partition coefficient (Wildman–Crippen LogP) is 13.5. The van der Waals surface area contributed by atoms with E-state index in [1.807, 2.05) is 0 Å². The molecule has 0 bridgehead atoms. The molecule has 8 aromatic carbocycles. The van der Waals surface area contributed by atoms with Gasteiger partial charge in [0, 0.05) is 32.8 Å². The van der Waals surface area contributed by atoms with E-state index in [0.29, 0.717) is 0 Å². The topological polar surface area (TPSA) is 38.7 Å². The molecule has 250 valence electrons. The molecule has 0 atom stereocenters. The molecular formula is C51H31N3. The molecule has 11 rings (SSSR count). The number of hydrogen-bond acceptors (Lipinski definition) is 3. The van der Waals surface area contributed by atoms with Gasteiger partial charge in [0.15, 0.2) is 0 Å². The SMILES string of the molecule is c1cc(-c2ccc3cc4ccccc4cc3n2)cc(-c2cc3ccc(-c4cccc5ccccc45)nc3c3nc(-c4cccc5ccccc45)ccc23)c1. The zero-order valence-electron chi connectivity index (χ0n) is 29.2. The third kappa shape index (κ3) is 5.02. The van der Waals surface area contributed by atoms with E-state index in [1.54, 1.807) is 0 Å². The molecule has 0 radical (unpaired) electrons. The van der Waals surface area contributed by atoms with E-state index in [-0.39, 0.29) is 0 Å². The molecule has 0 unspecified atom stereocenters. The van der Waals surface area contributed by atoms with Crippen molar-refractivity contribution in [3.8, 4) is 44.9 Å². The van der Waals surface area contributed by atoms with Crippen LogP contribution in [0.5, 0.6) is 0 Å². The summed E-state index contributed by atoms with van der Waals surface area (Å²) in [6, 6.07) is 66.8. The van der Waals surface area contributed by atoms with Gasteiger partial charge < -0.3 is 0 Å². The van der Waals surface area contributed by atoms with Crippen molar-refractivity contribution in [1.82, 2.24) is 15.0 Å². The molecule has 0 aliphatic carbocycles. The molecule has 0 N–H and O–H groups in total. The van der Waals surface area contributed by atoms with Crippen LogP contribution >= 0.6 is 0 Å². The summed E-state index contributed by atoms with van der Waals surface area (Å²) in [6.45, 7) is 0. The monoisotopic (exact) mass is 685 g/mol. The van der Waals surface area contributed by atoms with Crippen molar-refractivity contribution >= 4 is 65.0 Å². The quantitative estimate of drug-likeness (QED) is 0.137. The van der Waals surface area contributed by atoms with Gasteiger partial charge in [-0.25, -0.2) is 15.0 Å². The third-order valence-corrected chi connectivity index (χ3v) is 10.8. The highest BCUT2D eigenvalue weighted by Gasteiger charge is 2.16. The minimum absolute atomic E-state index is 0.885. The minimum Gasteiger partial charge on any atom is -0.248 e. The summed E-state index contributed by atoms with van der Waals surface area (Å²) in [5.41, 5.74) is 11.1. The van der Waals surface area contributed by atoms with Crippen LogP contribution in [0.1, 0.15) is 0 Å². The number of pyridine rings is 3. The van der Waals surface area contributed by atoms with Gasteiger partial charge in [0.2, 0.25) is 0 Å². The van der Waals surface area contributed by atoms with Crippen LogP contribution in [0.3, 0.4) is 0 Å². The average Bonchev–Trinajstić information content (AvgIpc) is 3.24. The molecule has 0 aliphatic heterocycles. The van der Waals surface area contributed by atoms with Crippen LogP contribution in [0.15, 0.2) is 188 Å². The fourth-order valence-corrected chi connectivity index (χ4v) is 8.12. The first kappa shape index (κ1) is 30.4. The molecule has 3 aromatic heterocycles. The van der Waals surface area contributed by atoms with Crippen molar-refractivity contribution in [3.05, 3.63) is 188 Å². The predicted molar refractivity (Wildman–Crippen MR) is 227 cm³/mol. The van der Waals surface area contributed by atoms with Crippen molar-refractivity contribution < 1.29 is 0 Å². The van der Waals surface area contributed by atoms with Gasteiger partial charge in [0.1, 0.15) is 0 Å². The Morgan fingerprint density at radius 1 is 0.259 bits per heavy atom. The Hall–Kier alpha value is -7.23. The Kier molecular flexibility index (Phi) is 6.86. The van der Waals surface area contributed by atoms with Gasteiger partial charge in [-0.2, -0.15) is 0 Å². The zero-order valence-corrected chi connectivity index (χ0v) is 29.2. The van der Waals surface area contributed by atoms with E-state index in [2.05, 4.69) is 188 Å². The molecule has 0 aliphatic rings. The molecule has 0 fully saturated rings. The van der Waals surface area contributed by atoms with Crippen LogP contribution < -0.4 is 0 Å². The molecule has 3 nitrogen and oxygen atoms in total. The molecule has 11 aromatic rings. The second-order valence-corrected chi connectivity index (χ2v) is 14.0. The largest absolute Gasteiger partial charge is 0.248 e. The van der Waals surface area contributed by atoms with E-state index < -0.39 is 0 Å². The van der Waals surface area contributed by atoms with E-state index in [9.17, 15) is 0 Å². The normalized spacial score (nSPS) is 11.7. The van der Waals surface area contributed by atoms with Crippen LogP contribution in [-0.4, -0.2) is 15.0 Å². The maximum atomic E-state index is 5.47. The van der Waals surface area contributed by atoms with Gasteiger partial charge in [-0.3, -0.25) is 0 Å². The first-order valence-electron chi connectivity index (χ1n) is 18.3. The van der Waals surface area contributed by atoms with Gasteiger partial charge in [-0.1, -0.05) is 140 Å². The van der Waals surface area contributed by atoms with Gasteiger partial charge in [-0.05, 0) is 92.0 Å². The van der Waals surface area contributed by atoms with E-state index >= 15 is 0 Å². The number of aromatic nitrogens is 3. The summed E-state index contributed by atoms with van der Waals surface area (Å²) in [7, 11) is 0. The molecule has 0 saturated heterocycles. The lowest BCUT2D eigenvalue weighted by atomic mass is 9.94. The average molecular weight is 686 g/mol. The highest BCUT2D eigenvalue weighted by molar-refractivity contribution is 6.12. The van der Waals surface area contributed by atoms with Crippen LogP contribution in [0, 0.1) is 0 Å². The molecule has 54 heavy (non-hydrogen) atoms. The molecular weight excluding hydrogens is 655 g/mol. The van der Waals surface area contributed by atoms with Crippen molar-refractivity contribution in [2.24, 2.45) is 0 Å². The Labute approximate surface area is 311 Å². The lowest BCUT2D eigenvalue weighted by Gasteiger charge is -2.14. The summed E-state index contributed by atoms with van der Waals surface area (Å²) in [4.78, 5) is 16.0. The molecule has 3 heteroatoms. The van der Waals surface area contributed by atoms with Crippen molar-refractivity contribution in [2.45, 2.75) is 0 Å². The lowest BCUT2D eigenvalue weighted by molar-refractivity contribution is 1.37. The van der Waals surface area contributed by atoms with E-state index in [1.165, 1.54) is 32.3 Å². The smallest absolute Gasteiger partial charge is 0.0978 e. The maximum Gasteiger partial charge on any atom is 0.0978 e. The number of rotatable bonds is 4. The summed E-state index contributed by atoms with van der Waals surface area (Å²) >= 11 is 0. The summed E-state index contributed by atoms with van der Waals surface area (Å²) in [5.74, 6) is 0. The lowest BCUT2D eigenvalue weighted by Crippen LogP contribution is -1.94. The molecule has 3 heterocycles. The molecule has 0 amide bonds. The Morgan fingerprint density at radius 2 is 0.815 bits per heavy atom. The van der Waals surface area contributed by atoms with Gasteiger partial charge in [0.05, 0.1) is 33.6 Å². The van der Waals surface area contributed by atoms with Crippen LogP contribution in [0.25, 0.3) is 110 Å². The van der Waals surface area contributed by atoms with E-state index in [4.69, 9.17) is 15.0 Å². The maximum absolute atomic E-state index is 5.47. The van der Waals surface area contributed by atoms with Gasteiger partial charge >= 0.3 is 0 Å². The van der Waals surface area contributed by atoms with Gasteiger partial charge in [0.25, 0.3) is 0 Å². The molecule has 0 spiro atoms. The number of fused-ring (bicyclic) bond motifs is 7. The number of nitrogens with zero attached hydrogens (tertiary/aromatic N) is 3. The summed E-state index contributed by atoms with van der Waals surface area (Å²) in [6.07, 6.45) is 0. The Morgan fingerprint density at radius 3 is 1.56 bits per heavy atom. The van der Waals surface area contributed by atoms with Gasteiger partial charge in [-0.15, -0.1) is 0 Å². The Bertz CT molecular complexity index is 3280. The van der Waals surface area contributed by atoms with Crippen LogP contribution in [0.4, 0.5) is 0 Å². The fraction of sp³-hybridized carbons (Fsp3) is 0. The van der Waals surface area contributed by atoms with Crippen molar-refractivity contribution in [1.29, 1.82) is 0 Å². The highest BCUT2D eigenvalue weighted by Crippen LogP contribution is 2.39. The standard InChI is InChI=1S/C51H31N3/c1-2-13-35-31-49-38(28-34(35)12-1)22-25-46(52-49)37-17-7-16-36(29-37)45-30-39-23-26-47(42-20-8-14-32-10-3-5-18-40(32)42)53-50(39)51-44(45)24-27-48(54-51)43-21-9-15-33-11-4-6-19-41(33)43/h1-31H. The minimum atomic E-state index is 0.885. The first-order valence-corrected chi connectivity index (χ1v) is 18.3. The van der Waals surface area contributed by atoms with E-state index in [0.717, 1.165) is 77.6 Å². The third-order valence-electron chi connectivity index (χ3n) is 10.8. The summed E-state index contributed by atoms with van der Waals surface area (Å²) < 4.78 is 0. The second-order valence-electron chi connectivity index (χ2n) is 14.0. The Balaban J connectivity index is 1.12. The number of benzene rings is 8. The van der Waals surface area contributed by atoms with Crippen LogP contribution in [0.2, 0.25) is 0 Å². The molecule has 0 saturated carbocycles. The fourth-order valence-electron chi connectivity index (χ4n) is 8.12. The van der Waals surface area contributed by atoms with Crippen molar-refractivity contribution in [2.75, 3.05) is 0 Å². The highest BCUT2D eigenvalue weighted by atomic mass is 14.8. The first-order chi connectivity index (χ1) is 26.7. The van der Waals surface area contributed by atoms with Crippen LogP contribution in [-0.2, 0) is 0 Å². The number of hydrogen-bond donors (Lipinski definition) is 0. The second kappa shape index (κ2) is 12.2. The zero-order chi connectivity index (χ0) is 35.6. The van der Waals surface area contributed by atoms with Crippen molar-refractivity contribution in [3.63, 3.8) is 0 Å². The summed E-state index contributed by atoms with van der Waals surface area (Å²) in [5, 5.41) is 10.4.